The van der Waals surface area contributed by atoms with Gasteiger partial charge in [0.05, 0.1) is 21.9 Å². The molecule has 180 valence electrons. The Morgan fingerprint density at radius 1 is 1.21 bits per heavy atom. The van der Waals surface area contributed by atoms with E-state index in [1.807, 2.05) is 13.8 Å². The van der Waals surface area contributed by atoms with E-state index in [9.17, 15) is 17.6 Å². The van der Waals surface area contributed by atoms with Gasteiger partial charge < -0.3 is 10.1 Å². The molecular weight excluding hydrogens is 490 g/mol. The van der Waals surface area contributed by atoms with Gasteiger partial charge in [-0.2, -0.15) is 0 Å². The van der Waals surface area contributed by atoms with Crippen LogP contribution in [-0.2, 0) is 10.0 Å². The van der Waals surface area contributed by atoms with Gasteiger partial charge in [-0.15, -0.1) is 0 Å². The van der Waals surface area contributed by atoms with Crippen LogP contribution < -0.4 is 10.1 Å². The minimum absolute atomic E-state index is 0.0408. The first-order valence-electron chi connectivity index (χ1n) is 10.7. The van der Waals surface area contributed by atoms with Gasteiger partial charge in [0.25, 0.3) is 5.91 Å². The van der Waals surface area contributed by atoms with Crippen molar-refractivity contribution >= 4 is 39.1 Å². The number of piperidine rings is 1. The van der Waals surface area contributed by atoms with Crippen LogP contribution >= 0.6 is 23.2 Å². The van der Waals surface area contributed by atoms with Gasteiger partial charge >= 0.3 is 0 Å². The minimum atomic E-state index is -3.19. The molecule has 33 heavy (non-hydrogen) atoms. The zero-order valence-electron chi connectivity index (χ0n) is 18.7. The van der Waals surface area contributed by atoms with Gasteiger partial charge in [0.15, 0.2) is 5.75 Å². The first-order chi connectivity index (χ1) is 15.5. The van der Waals surface area contributed by atoms with Crippen molar-refractivity contribution < 1.29 is 22.3 Å². The van der Waals surface area contributed by atoms with E-state index in [0.29, 0.717) is 43.8 Å². The summed E-state index contributed by atoms with van der Waals surface area (Å²) >= 11 is 12.7. The SMILES string of the molecule is CC(C)c1cc(Oc2c(Cl)ccc(C(=O)NCC3CCN(S(C)(=O)=O)CC3)c2Cl)ccc1F. The lowest BCUT2D eigenvalue weighted by molar-refractivity contribution is 0.0941. The molecule has 0 spiro atoms. The number of nitrogens with zero attached hydrogens (tertiary/aromatic N) is 1. The summed E-state index contributed by atoms with van der Waals surface area (Å²) in [5.41, 5.74) is 0.700. The Hall–Kier alpha value is -1.87. The van der Waals surface area contributed by atoms with Gasteiger partial charge in [0, 0.05) is 19.6 Å². The van der Waals surface area contributed by atoms with Crippen molar-refractivity contribution in [2.45, 2.75) is 32.6 Å². The molecule has 2 aromatic rings. The molecule has 6 nitrogen and oxygen atoms in total. The van der Waals surface area contributed by atoms with E-state index in [4.69, 9.17) is 27.9 Å². The molecule has 10 heteroatoms. The fraction of sp³-hybridized carbons (Fsp3) is 0.435. The molecule has 0 unspecified atom stereocenters. The second-order valence-electron chi connectivity index (χ2n) is 8.49. The van der Waals surface area contributed by atoms with Crippen LogP contribution in [0.1, 0.15) is 48.5 Å². The van der Waals surface area contributed by atoms with Crippen LogP contribution in [0.25, 0.3) is 0 Å². The summed E-state index contributed by atoms with van der Waals surface area (Å²) in [5.74, 6) is -0.102. The van der Waals surface area contributed by atoms with E-state index in [0.717, 1.165) is 0 Å². The van der Waals surface area contributed by atoms with Crippen LogP contribution in [0, 0.1) is 11.7 Å². The third-order valence-electron chi connectivity index (χ3n) is 5.70. The first-order valence-corrected chi connectivity index (χ1v) is 13.3. The second-order valence-corrected chi connectivity index (χ2v) is 11.3. The number of hydrogen-bond donors (Lipinski definition) is 1. The van der Waals surface area contributed by atoms with E-state index >= 15 is 0 Å². The van der Waals surface area contributed by atoms with Crippen LogP contribution in [-0.4, -0.2) is 44.5 Å². The molecule has 0 bridgehead atoms. The molecule has 2 aromatic carbocycles. The highest BCUT2D eigenvalue weighted by molar-refractivity contribution is 7.88. The number of amides is 1. The van der Waals surface area contributed by atoms with Gasteiger partial charge in [-0.3, -0.25) is 4.79 Å². The predicted molar refractivity (Wildman–Crippen MR) is 128 cm³/mol. The molecule has 1 aliphatic heterocycles. The predicted octanol–water partition coefficient (Wildman–Crippen LogP) is 5.45. The zero-order valence-corrected chi connectivity index (χ0v) is 21.0. The third-order valence-corrected chi connectivity index (χ3v) is 7.67. The lowest BCUT2D eigenvalue weighted by atomic mass is 9.98. The average Bonchev–Trinajstić information content (AvgIpc) is 2.75. The summed E-state index contributed by atoms with van der Waals surface area (Å²) in [6.07, 6.45) is 2.53. The summed E-state index contributed by atoms with van der Waals surface area (Å²) < 4.78 is 44.6. The maximum atomic E-state index is 14.0. The van der Waals surface area contributed by atoms with Crippen LogP contribution in [0.5, 0.6) is 11.5 Å². The summed E-state index contributed by atoms with van der Waals surface area (Å²) in [7, 11) is -3.19. The van der Waals surface area contributed by atoms with E-state index in [1.165, 1.54) is 34.8 Å². The van der Waals surface area contributed by atoms with E-state index in [1.54, 1.807) is 6.07 Å². The van der Waals surface area contributed by atoms with Crippen molar-refractivity contribution in [2.75, 3.05) is 25.9 Å². The molecule has 0 radical (unpaired) electrons. The number of nitrogens with one attached hydrogen (secondary N) is 1. The Morgan fingerprint density at radius 2 is 1.88 bits per heavy atom. The summed E-state index contributed by atoms with van der Waals surface area (Å²) in [6, 6.07) is 7.42. The normalized spacial score (nSPS) is 15.6. The quantitative estimate of drug-likeness (QED) is 0.530. The smallest absolute Gasteiger partial charge is 0.252 e. The van der Waals surface area contributed by atoms with Gasteiger partial charge in [0.1, 0.15) is 11.6 Å². The first kappa shape index (κ1) is 25.7. The molecule has 0 aliphatic carbocycles. The number of carbonyl (C=O) groups is 1. The number of benzene rings is 2. The Labute approximate surface area is 204 Å². The molecular formula is C23H27Cl2FN2O4S. The van der Waals surface area contributed by atoms with Crippen molar-refractivity contribution in [3.8, 4) is 11.5 Å². The molecule has 0 saturated carbocycles. The molecule has 1 heterocycles. The molecule has 1 saturated heterocycles. The molecule has 1 N–H and O–H groups in total. The monoisotopic (exact) mass is 516 g/mol. The summed E-state index contributed by atoms with van der Waals surface area (Å²) in [5, 5.41) is 3.15. The zero-order chi connectivity index (χ0) is 24.3. The highest BCUT2D eigenvalue weighted by Crippen LogP contribution is 2.39. The van der Waals surface area contributed by atoms with Gasteiger partial charge in [-0.25, -0.2) is 17.1 Å². The van der Waals surface area contributed by atoms with Gasteiger partial charge in [-0.1, -0.05) is 37.0 Å². The molecule has 0 atom stereocenters. The van der Waals surface area contributed by atoms with Crippen molar-refractivity contribution in [2.24, 2.45) is 5.92 Å². The lowest BCUT2D eigenvalue weighted by Crippen LogP contribution is -2.41. The van der Waals surface area contributed by atoms with E-state index < -0.39 is 10.0 Å². The largest absolute Gasteiger partial charge is 0.454 e. The number of ether oxygens (including phenoxy) is 1. The van der Waals surface area contributed by atoms with Crippen LogP contribution in [0.15, 0.2) is 30.3 Å². The van der Waals surface area contributed by atoms with Crippen molar-refractivity contribution in [3.63, 3.8) is 0 Å². The summed E-state index contributed by atoms with van der Waals surface area (Å²) in [6.45, 7) is 5.03. The van der Waals surface area contributed by atoms with Gasteiger partial charge in [0.2, 0.25) is 10.0 Å². The fourth-order valence-corrected chi connectivity index (χ4v) is 5.13. The van der Waals surface area contributed by atoms with Crippen LogP contribution in [0.4, 0.5) is 4.39 Å². The van der Waals surface area contributed by atoms with E-state index in [2.05, 4.69) is 5.32 Å². The van der Waals surface area contributed by atoms with Crippen molar-refractivity contribution in [1.82, 2.24) is 9.62 Å². The standard InChI is InChI=1S/C23H27Cl2FN2O4S/c1-14(2)18-12-16(4-7-20(18)26)32-22-19(24)6-5-17(21(22)25)23(29)27-13-15-8-10-28(11-9-15)33(3,30)31/h4-7,12,14-15H,8-11,13H2,1-3H3,(H,27,29). The van der Waals surface area contributed by atoms with E-state index in [-0.39, 0.29) is 44.9 Å². The highest BCUT2D eigenvalue weighted by atomic mass is 35.5. The number of halogens is 3. The Morgan fingerprint density at radius 3 is 2.48 bits per heavy atom. The topological polar surface area (TPSA) is 75.7 Å². The molecule has 0 aromatic heterocycles. The Balaban J connectivity index is 1.69. The average molecular weight is 517 g/mol. The number of hydrogen-bond acceptors (Lipinski definition) is 4. The fourth-order valence-electron chi connectivity index (χ4n) is 3.72. The Kier molecular flexibility index (Phi) is 8.26. The third kappa shape index (κ3) is 6.38. The Bertz CT molecular complexity index is 1130. The molecule has 1 aliphatic rings. The number of carbonyl (C=O) groups excluding carboxylic acids is 1. The van der Waals surface area contributed by atoms with Crippen molar-refractivity contribution in [1.29, 1.82) is 0 Å². The minimum Gasteiger partial charge on any atom is -0.454 e. The van der Waals surface area contributed by atoms with Crippen molar-refractivity contribution in [3.05, 3.63) is 57.3 Å². The maximum Gasteiger partial charge on any atom is 0.252 e. The molecule has 1 fully saturated rings. The lowest BCUT2D eigenvalue weighted by Gasteiger charge is -2.30. The number of sulfonamides is 1. The highest BCUT2D eigenvalue weighted by Gasteiger charge is 2.26. The van der Waals surface area contributed by atoms with Gasteiger partial charge in [-0.05, 0) is 60.6 Å². The summed E-state index contributed by atoms with van der Waals surface area (Å²) in [4.78, 5) is 12.8. The molecule has 1 amide bonds. The van der Waals surface area contributed by atoms with Crippen LogP contribution in [0.2, 0.25) is 10.0 Å². The maximum absolute atomic E-state index is 14.0. The second kappa shape index (κ2) is 10.6. The molecule has 3 rings (SSSR count). The van der Waals surface area contributed by atoms with Crippen LogP contribution in [0.3, 0.4) is 0 Å². The number of rotatable bonds is 7.